The topological polar surface area (TPSA) is 44.0 Å². The van der Waals surface area contributed by atoms with Gasteiger partial charge in [0.05, 0.1) is 17.4 Å². The van der Waals surface area contributed by atoms with Gasteiger partial charge in [0.25, 0.3) is 0 Å². The molecule has 2 N–H and O–H groups in total. The largest absolute Gasteiger partial charge is 0.373 e. The van der Waals surface area contributed by atoms with Crippen molar-refractivity contribution in [2.75, 3.05) is 31.6 Å². The second-order valence-electron chi connectivity index (χ2n) is 3.88. The number of anilines is 1. The summed E-state index contributed by atoms with van der Waals surface area (Å²) in [6, 6.07) is 6.29. The Morgan fingerprint density at radius 2 is 2.31 bits per heavy atom. The monoisotopic (exact) mass is 218 g/mol. The number of benzene rings is 1. The highest BCUT2D eigenvalue weighted by molar-refractivity contribution is 5.78. The van der Waals surface area contributed by atoms with Gasteiger partial charge in [-0.05, 0) is 24.7 Å². The highest BCUT2D eigenvalue weighted by atomic mass is 15.1. The summed E-state index contributed by atoms with van der Waals surface area (Å²) in [6.07, 6.45) is 1.73. The van der Waals surface area contributed by atoms with Gasteiger partial charge in [0.1, 0.15) is 0 Å². The number of aromatic amines is 1. The van der Waals surface area contributed by atoms with E-state index in [4.69, 9.17) is 0 Å². The first-order chi connectivity index (χ1) is 7.81. The summed E-state index contributed by atoms with van der Waals surface area (Å²) in [5, 5.41) is 3.32. The molecule has 0 atom stereocenters. The molecule has 4 heteroatoms. The van der Waals surface area contributed by atoms with Crippen molar-refractivity contribution in [2.24, 2.45) is 0 Å². The van der Waals surface area contributed by atoms with Gasteiger partial charge in [-0.25, -0.2) is 4.98 Å². The average Bonchev–Trinajstić information content (AvgIpc) is 2.76. The van der Waals surface area contributed by atoms with E-state index < -0.39 is 0 Å². The number of nitrogens with zero attached hydrogens (tertiary/aromatic N) is 2. The lowest BCUT2D eigenvalue weighted by molar-refractivity contribution is 0.706. The smallest absolute Gasteiger partial charge is 0.0931 e. The van der Waals surface area contributed by atoms with Gasteiger partial charge in [-0.1, -0.05) is 6.92 Å². The third kappa shape index (κ3) is 2.33. The van der Waals surface area contributed by atoms with E-state index in [1.165, 1.54) is 5.69 Å². The molecule has 0 amide bonds. The van der Waals surface area contributed by atoms with Gasteiger partial charge >= 0.3 is 0 Å². The third-order valence-corrected chi connectivity index (χ3v) is 2.72. The molecule has 4 nitrogen and oxygen atoms in total. The number of H-pyrrole nitrogens is 1. The molecule has 0 aliphatic rings. The maximum absolute atomic E-state index is 4.21. The molecule has 2 rings (SSSR count). The third-order valence-electron chi connectivity index (χ3n) is 2.72. The van der Waals surface area contributed by atoms with E-state index in [0.717, 1.165) is 30.7 Å². The first-order valence-corrected chi connectivity index (χ1v) is 5.66. The van der Waals surface area contributed by atoms with E-state index in [1.807, 2.05) is 6.07 Å². The number of imidazole rings is 1. The molecule has 0 radical (unpaired) electrons. The molecule has 0 bridgehead atoms. The summed E-state index contributed by atoms with van der Waals surface area (Å²) in [5.74, 6) is 0. The first kappa shape index (κ1) is 11.0. The van der Waals surface area contributed by atoms with Gasteiger partial charge in [-0.3, -0.25) is 0 Å². The predicted octanol–water partition coefficient (Wildman–Crippen LogP) is 1.61. The lowest BCUT2D eigenvalue weighted by atomic mass is 10.2. The van der Waals surface area contributed by atoms with Gasteiger partial charge in [0.15, 0.2) is 0 Å². The van der Waals surface area contributed by atoms with Gasteiger partial charge in [0.2, 0.25) is 0 Å². The van der Waals surface area contributed by atoms with E-state index in [-0.39, 0.29) is 0 Å². The van der Waals surface area contributed by atoms with E-state index in [0.29, 0.717) is 0 Å². The van der Waals surface area contributed by atoms with Gasteiger partial charge in [-0.2, -0.15) is 0 Å². The Labute approximate surface area is 95.7 Å². The van der Waals surface area contributed by atoms with E-state index in [2.05, 4.69) is 46.3 Å². The van der Waals surface area contributed by atoms with Gasteiger partial charge in [0, 0.05) is 25.8 Å². The van der Waals surface area contributed by atoms with Crippen molar-refractivity contribution in [3.05, 3.63) is 24.5 Å². The van der Waals surface area contributed by atoms with Crippen LogP contribution < -0.4 is 10.2 Å². The SMILES string of the molecule is CCNCCN(C)c1ccc2nc[nH]c2c1. The molecule has 0 saturated heterocycles. The van der Waals surface area contributed by atoms with Crippen LogP contribution in [-0.4, -0.2) is 36.6 Å². The fourth-order valence-electron chi connectivity index (χ4n) is 1.71. The van der Waals surface area contributed by atoms with Crippen LogP contribution in [0.4, 0.5) is 5.69 Å². The number of rotatable bonds is 5. The van der Waals surface area contributed by atoms with Crippen molar-refractivity contribution >= 4 is 16.7 Å². The summed E-state index contributed by atoms with van der Waals surface area (Å²) in [6.45, 7) is 5.16. The van der Waals surface area contributed by atoms with E-state index in [9.17, 15) is 0 Å². The number of aromatic nitrogens is 2. The number of likely N-dealkylation sites (N-methyl/N-ethyl adjacent to an activating group) is 2. The molecule has 86 valence electrons. The summed E-state index contributed by atoms with van der Waals surface area (Å²) in [4.78, 5) is 9.58. The van der Waals surface area contributed by atoms with Crippen LogP contribution in [0.15, 0.2) is 24.5 Å². The van der Waals surface area contributed by atoms with Crippen molar-refractivity contribution in [1.29, 1.82) is 0 Å². The molecule has 16 heavy (non-hydrogen) atoms. The summed E-state index contributed by atoms with van der Waals surface area (Å²) in [5.41, 5.74) is 3.33. The van der Waals surface area contributed by atoms with Gasteiger partial charge in [-0.15, -0.1) is 0 Å². The maximum Gasteiger partial charge on any atom is 0.0931 e. The van der Waals surface area contributed by atoms with Crippen LogP contribution in [0.5, 0.6) is 0 Å². The maximum atomic E-state index is 4.21. The molecular formula is C12H18N4. The van der Waals surface area contributed by atoms with E-state index >= 15 is 0 Å². The Hall–Kier alpha value is -1.55. The normalized spacial score (nSPS) is 10.9. The fourth-order valence-corrected chi connectivity index (χ4v) is 1.71. The fraction of sp³-hybridized carbons (Fsp3) is 0.417. The zero-order valence-electron chi connectivity index (χ0n) is 9.83. The molecule has 0 aliphatic heterocycles. The van der Waals surface area contributed by atoms with Crippen molar-refractivity contribution in [1.82, 2.24) is 15.3 Å². The van der Waals surface area contributed by atoms with E-state index in [1.54, 1.807) is 6.33 Å². The van der Waals surface area contributed by atoms with Crippen LogP contribution in [0.1, 0.15) is 6.92 Å². The molecule has 1 aromatic carbocycles. The minimum atomic E-state index is 1.01. The highest BCUT2D eigenvalue weighted by Gasteiger charge is 2.02. The predicted molar refractivity (Wildman–Crippen MR) is 67.9 cm³/mol. The molecule has 0 fully saturated rings. The summed E-state index contributed by atoms with van der Waals surface area (Å²) < 4.78 is 0. The molecule has 0 unspecified atom stereocenters. The van der Waals surface area contributed by atoms with Crippen LogP contribution >= 0.6 is 0 Å². The molecule has 2 aromatic rings. The van der Waals surface area contributed by atoms with Crippen LogP contribution in [0.3, 0.4) is 0 Å². The molecule has 0 saturated carbocycles. The average molecular weight is 218 g/mol. The Morgan fingerprint density at radius 1 is 1.44 bits per heavy atom. The van der Waals surface area contributed by atoms with Crippen molar-refractivity contribution in [3.8, 4) is 0 Å². The van der Waals surface area contributed by atoms with Crippen LogP contribution in [0.2, 0.25) is 0 Å². The van der Waals surface area contributed by atoms with Crippen LogP contribution in [0.25, 0.3) is 11.0 Å². The Bertz CT molecular complexity index is 449. The summed E-state index contributed by atoms with van der Waals surface area (Å²) in [7, 11) is 2.11. The number of hydrogen-bond donors (Lipinski definition) is 2. The number of hydrogen-bond acceptors (Lipinski definition) is 3. The quantitative estimate of drug-likeness (QED) is 0.749. The van der Waals surface area contributed by atoms with Crippen molar-refractivity contribution < 1.29 is 0 Å². The minimum Gasteiger partial charge on any atom is -0.373 e. The zero-order chi connectivity index (χ0) is 11.4. The lowest BCUT2D eigenvalue weighted by Crippen LogP contribution is -2.28. The van der Waals surface area contributed by atoms with Gasteiger partial charge < -0.3 is 15.2 Å². The second-order valence-corrected chi connectivity index (χ2v) is 3.88. The van der Waals surface area contributed by atoms with Crippen molar-refractivity contribution in [3.63, 3.8) is 0 Å². The molecule has 0 spiro atoms. The Morgan fingerprint density at radius 3 is 3.12 bits per heavy atom. The Balaban J connectivity index is 2.07. The minimum absolute atomic E-state index is 1.01. The molecule has 1 heterocycles. The van der Waals surface area contributed by atoms with Crippen molar-refractivity contribution in [2.45, 2.75) is 6.92 Å². The molecule has 1 aromatic heterocycles. The standard InChI is InChI=1S/C12H18N4/c1-3-13-6-7-16(2)10-4-5-11-12(8-10)15-9-14-11/h4-5,8-9,13H,3,6-7H2,1-2H3,(H,14,15). The Kier molecular flexibility index (Phi) is 3.41. The summed E-state index contributed by atoms with van der Waals surface area (Å²) >= 11 is 0. The van der Waals surface area contributed by atoms with Crippen LogP contribution in [0, 0.1) is 0 Å². The molecule has 0 aliphatic carbocycles. The highest BCUT2D eigenvalue weighted by Crippen LogP contribution is 2.18. The number of nitrogens with one attached hydrogen (secondary N) is 2. The number of fused-ring (bicyclic) bond motifs is 1. The molecular weight excluding hydrogens is 200 g/mol. The second kappa shape index (κ2) is 4.99. The van der Waals surface area contributed by atoms with Crippen LogP contribution in [-0.2, 0) is 0 Å². The lowest BCUT2D eigenvalue weighted by Gasteiger charge is -2.19. The first-order valence-electron chi connectivity index (χ1n) is 5.66. The zero-order valence-corrected chi connectivity index (χ0v) is 9.83.